The van der Waals surface area contributed by atoms with Crippen molar-refractivity contribution in [3.05, 3.63) is 0 Å². The number of carbonyl (C=O) groups excluding carboxylic acids is 3. The normalized spacial score (nSPS) is 49.9. The zero-order valence-corrected chi connectivity index (χ0v) is 52.2. The van der Waals surface area contributed by atoms with E-state index in [1.807, 2.05) is 0 Å². The van der Waals surface area contributed by atoms with E-state index in [1.165, 1.54) is 6.92 Å². The summed E-state index contributed by atoms with van der Waals surface area (Å²) in [6.45, 7) is -2.76. The van der Waals surface area contributed by atoms with E-state index in [0.717, 1.165) is 20.8 Å². The number of aliphatic hydroxyl groups is 22. The van der Waals surface area contributed by atoms with Crippen LogP contribution in [0.25, 0.3) is 0 Å². The topological polar surface area (TPSA) is 671 Å². The fourth-order valence-corrected chi connectivity index (χ4v) is 12.4. The van der Waals surface area contributed by atoms with Crippen LogP contribution in [0, 0.1) is 0 Å². The molecule has 8 fully saturated rings. The molecule has 40 atom stereocenters. The molecule has 0 saturated carbocycles. The molecule has 43 nitrogen and oxygen atoms in total. The second-order valence-electron chi connectivity index (χ2n) is 24.6. The Bertz CT molecular complexity index is 2490. The van der Waals surface area contributed by atoms with Crippen LogP contribution in [0.4, 0.5) is 0 Å². The van der Waals surface area contributed by atoms with Crippen LogP contribution in [-0.2, 0) is 85.4 Å². The van der Waals surface area contributed by atoms with Gasteiger partial charge in [-0.1, -0.05) is 0 Å². The van der Waals surface area contributed by atoms with Crippen molar-refractivity contribution in [2.24, 2.45) is 0 Å². The summed E-state index contributed by atoms with van der Waals surface area (Å²) in [5.41, 5.74) is 0. The van der Waals surface area contributed by atoms with Crippen molar-refractivity contribution >= 4 is 17.7 Å². The largest absolute Gasteiger partial charge is 0.394 e. The van der Waals surface area contributed by atoms with Crippen LogP contribution in [0.3, 0.4) is 0 Å². The second kappa shape index (κ2) is 34.5. The Labute approximate surface area is 549 Å². The van der Waals surface area contributed by atoms with E-state index in [2.05, 4.69) is 16.0 Å². The SMILES string of the molecule is CC(=O)N[C@@H]1[C@@H](O)[C@H](O[C@@H]2O[C@H](CO)[C@@H](O[C@@H]3O[C@H](CO[C@@H]4O[C@H](CO)[C@@H](O)[C@H](O)[C@@H]4O[C@@H]4O[C@H](CO)[C@@H](O[C@@H]5O[C@H](CO)[C@H](O)[C@H](O)[C@H]5O)[C@H](O)[C@H]4NC(C)=O)[C@@H](O)[C@H](O[C@H]4O[C@H](CO)[C@@H](O)[C@H](O)[C@@H]4O)[C@@H]3O)[C@H](O)[C@H]2NC(C)=O)[C@@H](CO[C@H]2O[C@@H](C)[C@@H](O)[C@@H](O)[C@@H]2O)O[C@H]1O. The van der Waals surface area contributed by atoms with Crippen LogP contribution >= 0.6 is 0 Å². The lowest BCUT2D eigenvalue weighted by Gasteiger charge is -2.50. The Morgan fingerprint density at radius 2 is 0.619 bits per heavy atom. The monoisotopic (exact) mass is 1420 g/mol. The molecule has 0 aromatic carbocycles. The van der Waals surface area contributed by atoms with Gasteiger partial charge in [0.05, 0.1) is 52.4 Å². The number of rotatable bonds is 24. The first kappa shape index (κ1) is 79.6. The van der Waals surface area contributed by atoms with Gasteiger partial charge in [0.25, 0.3) is 0 Å². The van der Waals surface area contributed by atoms with Gasteiger partial charge in [0.1, 0.15) is 189 Å². The highest BCUT2D eigenvalue weighted by Gasteiger charge is 2.59. The number of hydrogen-bond donors (Lipinski definition) is 25. The molecular formula is C54H91N3O40. The molecule has 8 saturated heterocycles. The quantitative estimate of drug-likeness (QED) is 0.0427. The van der Waals surface area contributed by atoms with Crippen molar-refractivity contribution in [1.82, 2.24) is 16.0 Å². The van der Waals surface area contributed by atoms with Gasteiger partial charge < -0.3 is 199 Å². The average molecular weight is 1420 g/mol. The summed E-state index contributed by atoms with van der Waals surface area (Å²) < 4.78 is 87.6. The minimum atomic E-state index is -2.39. The molecule has 0 spiro atoms. The summed E-state index contributed by atoms with van der Waals surface area (Å²) in [7, 11) is 0. The molecule has 8 aliphatic heterocycles. The molecule has 0 unspecified atom stereocenters. The predicted molar refractivity (Wildman–Crippen MR) is 298 cm³/mol. The van der Waals surface area contributed by atoms with Gasteiger partial charge in [0, 0.05) is 20.8 Å². The van der Waals surface area contributed by atoms with E-state index >= 15 is 0 Å². The van der Waals surface area contributed by atoms with Crippen LogP contribution in [0.2, 0.25) is 0 Å². The van der Waals surface area contributed by atoms with E-state index in [9.17, 15) is 127 Å². The Morgan fingerprint density at radius 1 is 0.289 bits per heavy atom. The lowest BCUT2D eigenvalue weighted by molar-refractivity contribution is -0.389. The van der Waals surface area contributed by atoms with Crippen LogP contribution in [-0.4, -0.2) is 422 Å². The van der Waals surface area contributed by atoms with Crippen LogP contribution < -0.4 is 16.0 Å². The molecule has 0 radical (unpaired) electrons. The number of ether oxygens (including phenoxy) is 15. The van der Waals surface area contributed by atoms with Gasteiger partial charge in [-0.05, 0) is 6.92 Å². The molecule has 8 heterocycles. The molecular weight excluding hydrogens is 1330 g/mol. The maximum atomic E-state index is 13.0. The fourth-order valence-electron chi connectivity index (χ4n) is 12.4. The lowest BCUT2D eigenvalue weighted by Crippen LogP contribution is -2.70. The van der Waals surface area contributed by atoms with Gasteiger partial charge >= 0.3 is 0 Å². The van der Waals surface area contributed by atoms with Gasteiger partial charge in [0.2, 0.25) is 17.7 Å². The third kappa shape index (κ3) is 17.6. The molecule has 0 aromatic rings. The first-order valence-electron chi connectivity index (χ1n) is 31.0. The highest BCUT2D eigenvalue weighted by Crippen LogP contribution is 2.38. The van der Waals surface area contributed by atoms with Crippen molar-refractivity contribution in [1.29, 1.82) is 0 Å². The van der Waals surface area contributed by atoms with Gasteiger partial charge in [-0.3, -0.25) is 14.4 Å². The minimum absolute atomic E-state index is 0.790. The first-order valence-corrected chi connectivity index (χ1v) is 31.0. The van der Waals surface area contributed by atoms with Crippen LogP contribution in [0.1, 0.15) is 27.7 Å². The van der Waals surface area contributed by atoms with Crippen molar-refractivity contribution in [2.75, 3.05) is 46.2 Å². The predicted octanol–water partition coefficient (Wildman–Crippen LogP) is -17.0. The highest BCUT2D eigenvalue weighted by molar-refractivity contribution is 5.74. The van der Waals surface area contributed by atoms with Crippen LogP contribution in [0.15, 0.2) is 0 Å². The standard InChI is InChI=1S/C54H91N3O40/c1-12-26(66)34(74)38(78)50(85-12)83-11-22-44(31(71)23(47(82)86-22)55-13(2)63)93-48-24(56-14(3)64)32(72)43(20(9-62)90-48)95-53-41(81)45(96-52-40(80)36(76)28(68)17(6-59)88-52)30(70)21(92-53)10-84-54-46(37(77)29(69)18(7-60)89-54)97-49-25(57-15(4)65)33(73)42(19(8-61)91-49)94-51-39(79)35(75)27(67)16(5-58)87-51/h12,16-54,58-62,66-82H,5-11H2,1-4H3,(H,55,63)(H,56,64)(H,57,65)/t12-,16+,17+,18+,19+,20+,21+,22+,23+,24+,25+,26+,27-,28+,29+,30+,31+,32+,33+,34+,35-,36-,37-,38-,39+,40-,41-,42+,43+,44+,45-,46-,47+,48-,49-,50-,51-,52+,53-,54+/m0/s1. The first-order chi connectivity index (χ1) is 45.8. The molecule has 25 N–H and O–H groups in total. The van der Waals surface area contributed by atoms with E-state index in [1.54, 1.807) is 0 Å². The Hall–Kier alpha value is -3.07. The third-order valence-corrected chi connectivity index (χ3v) is 17.8. The maximum absolute atomic E-state index is 13.0. The Morgan fingerprint density at radius 3 is 1.08 bits per heavy atom. The fraction of sp³-hybridized carbons (Fsp3) is 0.944. The van der Waals surface area contributed by atoms with Gasteiger partial charge in [-0.2, -0.15) is 0 Å². The van der Waals surface area contributed by atoms with E-state index in [0.29, 0.717) is 0 Å². The Kier molecular flexibility index (Phi) is 28.3. The molecule has 8 rings (SSSR count). The molecule has 0 bridgehead atoms. The van der Waals surface area contributed by atoms with E-state index < -0.39 is 309 Å². The van der Waals surface area contributed by atoms with Crippen molar-refractivity contribution in [3.8, 4) is 0 Å². The van der Waals surface area contributed by atoms with E-state index in [4.69, 9.17) is 71.1 Å². The van der Waals surface area contributed by atoms with E-state index in [-0.39, 0.29) is 0 Å². The summed E-state index contributed by atoms with van der Waals surface area (Å²) in [4.78, 5) is 38.0. The van der Waals surface area contributed by atoms with Gasteiger partial charge in [0.15, 0.2) is 50.3 Å². The molecule has 97 heavy (non-hydrogen) atoms. The summed E-state index contributed by atoms with van der Waals surface area (Å²) in [5.74, 6) is -2.60. The lowest BCUT2D eigenvalue weighted by atomic mass is 9.93. The summed E-state index contributed by atoms with van der Waals surface area (Å²) in [5, 5.41) is 247. The summed E-state index contributed by atoms with van der Waals surface area (Å²) in [6, 6.07) is -5.42. The molecule has 0 aliphatic carbocycles. The van der Waals surface area contributed by atoms with Crippen molar-refractivity contribution in [3.63, 3.8) is 0 Å². The molecule has 8 aliphatic rings. The highest BCUT2D eigenvalue weighted by atomic mass is 16.8. The van der Waals surface area contributed by atoms with Crippen molar-refractivity contribution in [2.45, 2.75) is 273 Å². The van der Waals surface area contributed by atoms with Gasteiger partial charge in [-0.25, -0.2) is 0 Å². The number of carbonyl (C=O) groups is 3. The zero-order chi connectivity index (χ0) is 71.5. The molecule has 562 valence electrons. The number of aliphatic hydroxyl groups excluding tert-OH is 22. The van der Waals surface area contributed by atoms with Gasteiger partial charge in [-0.15, -0.1) is 0 Å². The summed E-state index contributed by atoms with van der Waals surface area (Å²) >= 11 is 0. The summed E-state index contributed by atoms with van der Waals surface area (Å²) in [6.07, 6.45) is -72.4. The van der Waals surface area contributed by atoms with Crippen molar-refractivity contribution < 1.29 is 198 Å². The Balaban J connectivity index is 1.07. The zero-order valence-electron chi connectivity index (χ0n) is 52.2. The average Bonchev–Trinajstić information content (AvgIpc) is 0.777. The smallest absolute Gasteiger partial charge is 0.217 e. The third-order valence-electron chi connectivity index (χ3n) is 17.8. The molecule has 43 heteroatoms. The van der Waals surface area contributed by atoms with Crippen LogP contribution in [0.5, 0.6) is 0 Å². The molecule has 3 amide bonds. The number of amides is 3. The maximum Gasteiger partial charge on any atom is 0.217 e. The second-order valence-corrected chi connectivity index (χ2v) is 24.6. The minimum Gasteiger partial charge on any atom is -0.394 e. The number of nitrogens with one attached hydrogen (secondary N) is 3. The molecule has 0 aromatic heterocycles. The number of hydrogen-bond acceptors (Lipinski definition) is 40.